The van der Waals surface area contributed by atoms with Crippen LogP contribution < -0.4 is 5.32 Å². The van der Waals surface area contributed by atoms with Crippen LogP contribution in [-0.4, -0.2) is 46.7 Å². The molecule has 3 N–H and O–H groups in total. The van der Waals surface area contributed by atoms with Crippen LogP contribution in [0.4, 0.5) is 0 Å². The molecule has 0 aliphatic heterocycles. The van der Waals surface area contributed by atoms with Crippen LogP contribution in [0.1, 0.15) is 19.0 Å². The summed E-state index contributed by atoms with van der Waals surface area (Å²) in [4.78, 5) is 29.4. The van der Waals surface area contributed by atoms with Crippen LogP contribution in [0.25, 0.3) is 0 Å². The summed E-state index contributed by atoms with van der Waals surface area (Å²) in [6, 6.07) is -0.956. The van der Waals surface area contributed by atoms with E-state index < -0.39 is 12.0 Å². The number of hydrogen-bond donors (Lipinski definition) is 3. The molecule has 7 nitrogen and oxygen atoms in total. The Morgan fingerprint density at radius 1 is 1.58 bits per heavy atom. The van der Waals surface area contributed by atoms with Crippen LogP contribution in [0.5, 0.6) is 0 Å². The zero-order valence-corrected chi connectivity index (χ0v) is 11.0. The minimum absolute atomic E-state index is 0.0478. The number of rotatable bonds is 8. The average Bonchev–Trinajstić information content (AvgIpc) is 2.80. The van der Waals surface area contributed by atoms with Gasteiger partial charge in [-0.1, -0.05) is 6.92 Å². The molecule has 1 aromatic rings. The largest absolute Gasteiger partial charge is 0.480 e. The second kappa shape index (κ2) is 7.52. The molecule has 106 valence electrons. The van der Waals surface area contributed by atoms with Crippen molar-refractivity contribution in [1.29, 1.82) is 0 Å². The molecule has 0 spiro atoms. The quantitative estimate of drug-likeness (QED) is 0.625. The summed E-state index contributed by atoms with van der Waals surface area (Å²) in [5.74, 6) is -1.31. The molecule has 0 saturated carbocycles. The van der Waals surface area contributed by atoms with E-state index in [1.54, 1.807) is 7.11 Å². The van der Waals surface area contributed by atoms with Gasteiger partial charge in [0.2, 0.25) is 5.91 Å². The van der Waals surface area contributed by atoms with Crippen molar-refractivity contribution in [2.75, 3.05) is 13.7 Å². The highest BCUT2D eigenvalue weighted by Gasteiger charge is 2.21. The van der Waals surface area contributed by atoms with Gasteiger partial charge in [-0.3, -0.25) is 4.79 Å². The number of imidazole rings is 1. The summed E-state index contributed by atoms with van der Waals surface area (Å²) >= 11 is 0. The van der Waals surface area contributed by atoms with Crippen LogP contribution in [-0.2, 0) is 20.7 Å². The predicted octanol–water partition coefficient (Wildman–Crippen LogP) is 0.194. The van der Waals surface area contributed by atoms with E-state index in [9.17, 15) is 9.59 Å². The zero-order valence-electron chi connectivity index (χ0n) is 11.0. The Balaban J connectivity index is 2.49. The fourth-order valence-electron chi connectivity index (χ4n) is 1.73. The first kappa shape index (κ1) is 15.2. The number of aromatic amines is 1. The number of carbonyl (C=O) groups excluding carboxylic acids is 1. The summed E-state index contributed by atoms with van der Waals surface area (Å²) in [5.41, 5.74) is 0.664. The number of carboxylic acid groups (broad SMARTS) is 1. The molecular weight excluding hydrogens is 250 g/mol. The van der Waals surface area contributed by atoms with Crippen LogP contribution in [0.3, 0.4) is 0 Å². The summed E-state index contributed by atoms with van der Waals surface area (Å²) in [6.45, 7) is 2.33. The van der Waals surface area contributed by atoms with Crippen molar-refractivity contribution in [3.63, 3.8) is 0 Å². The van der Waals surface area contributed by atoms with Gasteiger partial charge in [0.05, 0.1) is 6.33 Å². The number of carboxylic acids is 1. The number of nitrogens with zero attached hydrogens (tertiary/aromatic N) is 1. The van der Waals surface area contributed by atoms with Crippen molar-refractivity contribution in [2.24, 2.45) is 5.92 Å². The summed E-state index contributed by atoms with van der Waals surface area (Å²) in [5, 5.41) is 11.6. The van der Waals surface area contributed by atoms with Gasteiger partial charge < -0.3 is 20.1 Å². The van der Waals surface area contributed by atoms with Crippen LogP contribution >= 0.6 is 0 Å². The first-order chi connectivity index (χ1) is 9.02. The number of aromatic nitrogens is 2. The first-order valence-corrected chi connectivity index (χ1v) is 6.01. The molecule has 0 aliphatic rings. The van der Waals surface area contributed by atoms with Crippen LogP contribution in [0.2, 0.25) is 0 Å². The van der Waals surface area contributed by atoms with E-state index in [4.69, 9.17) is 9.84 Å². The van der Waals surface area contributed by atoms with Gasteiger partial charge in [0, 0.05) is 38.4 Å². The molecule has 0 radical (unpaired) electrons. The molecule has 2 atom stereocenters. The Morgan fingerprint density at radius 2 is 2.32 bits per heavy atom. The number of aliphatic carboxylic acids is 1. The molecule has 1 aromatic heterocycles. The molecule has 0 saturated heterocycles. The van der Waals surface area contributed by atoms with Gasteiger partial charge in [-0.2, -0.15) is 0 Å². The lowest BCUT2D eigenvalue weighted by atomic mass is 10.1. The van der Waals surface area contributed by atoms with Gasteiger partial charge >= 0.3 is 5.97 Å². The number of amides is 1. The standard InChI is InChI=1S/C12H19N3O4/c1-8(6-19-2)3-11(16)15-10(12(17)18)4-9-5-13-7-14-9/h5,7-8,10H,3-4,6H2,1-2H3,(H,13,14)(H,15,16)(H,17,18)/t8?,10-/m0/s1. The van der Waals surface area contributed by atoms with Crippen LogP contribution in [0.15, 0.2) is 12.5 Å². The molecule has 1 rings (SSSR count). The van der Waals surface area contributed by atoms with Gasteiger partial charge in [-0.25, -0.2) is 9.78 Å². The second-order valence-electron chi connectivity index (χ2n) is 4.50. The molecular formula is C12H19N3O4. The van der Waals surface area contributed by atoms with Crippen molar-refractivity contribution in [3.05, 3.63) is 18.2 Å². The number of hydrogen-bond acceptors (Lipinski definition) is 4. The van der Waals surface area contributed by atoms with Crippen molar-refractivity contribution in [3.8, 4) is 0 Å². The highest BCUT2D eigenvalue weighted by molar-refractivity contribution is 5.83. The molecule has 0 fully saturated rings. The van der Waals surface area contributed by atoms with Gasteiger partial charge in [0.25, 0.3) is 0 Å². The summed E-state index contributed by atoms with van der Waals surface area (Å²) < 4.78 is 4.93. The summed E-state index contributed by atoms with van der Waals surface area (Å²) in [7, 11) is 1.56. The normalized spacial score (nSPS) is 13.8. The van der Waals surface area contributed by atoms with Gasteiger partial charge in [-0.15, -0.1) is 0 Å². The Hall–Kier alpha value is -1.89. The minimum Gasteiger partial charge on any atom is -0.480 e. The van der Waals surface area contributed by atoms with E-state index in [0.717, 1.165) is 0 Å². The van der Waals surface area contributed by atoms with Crippen molar-refractivity contribution < 1.29 is 19.4 Å². The SMILES string of the molecule is COCC(C)CC(=O)N[C@@H](Cc1cnc[nH]1)C(=O)O. The van der Waals surface area contributed by atoms with Gasteiger partial charge in [-0.05, 0) is 5.92 Å². The average molecular weight is 269 g/mol. The molecule has 7 heteroatoms. The van der Waals surface area contributed by atoms with E-state index in [1.165, 1.54) is 12.5 Å². The molecule has 1 heterocycles. The van der Waals surface area contributed by atoms with Gasteiger partial charge in [0.15, 0.2) is 0 Å². The van der Waals surface area contributed by atoms with E-state index in [2.05, 4.69) is 15.3 Å². The van der Waals surface area contributed by atoms with Gasteiger partial charge in [0.1, 0.15) is 6.04 Å². The van der Waals surface area contributed by atoms with Crippen molar-refractivity contribution in [1.82, 2.24) is 15.3 Å². The number of nitrogens with one attached hydrogen (secondary N) is 2. The fraction of sp³-hybridized carbons (Fsp3) is 0.583. The topological polar surface area (TPSA) is 104 Å². The number of methoxy groups -OCH3 is 1. The van der Waals surface area contributed by atoms with Crippen molar-refractivity contribution in [2.45, 2.75) is 25.8 Å². The van der Waals surface area contributed by atoms with E-state index in [-0.39, 0.29) is 24.7 Å². The van der Waals surface area contributed by atoms with E-state index in [0.29, 0.717) is 12.3 Å². The fourth-order valence-corrected chi connectivity index (χ4v) is 1.73. The predicted molar refractivity (Wildman–Crippen MR) is 67.5 cm³/mol. The maximum absolute atomic E-state index is 11.7. The third-order valence-electron chi connectivity index (χ3n) is 2.60. The van der Waals surface area contributed by atoms with E-state index >= 15 is 0 Å². The minimum atomic E-state index is -1.07. The Labute approximate surface area is 111 Å². The Bertz CT molecular complexity index is 405. The smallest absolute Gasteiger partial charge is 0.326 e. The first-order valence-electron chi connectivity index (χ1n) is 6.01. The third-order valence-corrected chi connectivity index (χ3v) is 2.60. The second-order valence-corrected chi connectivity index (χ2v) is 4.50. The molecule has 0 bridgehead atoms. The van der Waals surface area contributed by atoms with E-state index in [1.807, 2.05) is 6.92 Å². The maximum Gasteiger partial charge on any atom is 0.326 e. The maximum atomic E-state index is 11.7. The van der Waals surface area contributed by atoms with Crippen LogP contribution in [0, 0.1) is 5.92 Å². The number of ether oxygens (including phenoxy) is 1. The van der Waals surface area contributed by atoms with Crippen molar-refractivity contribution >= 4 is 11.9 Å². The zero-order chi connectivity index (χ0) is 14.3. The lowest BCUT2D eigenvalue weighted by molar-refractivity contribution is -0.142. The molecule has 1 unspecified atom stereocenters. The number of carbonyl (C=O) groups is 2. The highest BCUT2D eigenvalue weighted by Crippen LogP contribution is 2.04. The molecule has 0 aliphatic carbocycles. The Kier molecular flexibility index (Phi) is 6.01. The molecule has 0 aromatic carbocycles. The molecule has 19 heavy (non-hydrogen) atoms. The summed E-state index contributed by atoms with van der Waals surface area (Å²) in [6.07, 6.45) is 3.42. The lowest BCUT2D eigenvalue weighted by Gasteiger charge is -2.15. The third kappa shape index (κ3) is 5.52. The lowest BCUT2D eigenvalue weighted by Crippen LogP contribution is -2.43. The number of H-pyrrole nitrogens is 1. The monoisotopic (exact) mass is 269 g/mol. The Morgan fingerprint density at radius 3 is 2.84 bits per heavy atom. The highest BCUT2D eigenvalue weighted by atomic mass is 16.5. The molecule has 1 amide bonds.